The molecule has 1 N–H and O–H groups in total. The van der Waals surface area contributed by atoms with E-state index in [4.69, 9.17) is 0 Å². The molecule has 3 aromatic carbocycles. The van der Waals surface area contributed by atoms with Gasteiger partial charge in [-0.15, -0.1) is 0 Å². The lowest BCUT2D eigenvalue weighted by molar-refractivity contribution is -0.132. The largest absolute Gasteiger partial charge is 0.340 e. The summed E-state index contributed by atoms with van der Waals surface area (Å²) in [4.78, 5) is 23.2. The van der Waals surface area contributed by atoms with Crippen LogP contribution in [0.5, 0.6) is 0 Å². The van der Waals surface area contributed by atoms with Gasteiger partial charge in [0.25, 0.3) is 0 Å². The number of benzene rings is 3. The Balaban J connectivity index is 1.23. The van der Waals surface area contributed by atoms with Crippen LogP contribution in [0.15, 0.2) is 85.1 Å². The van der Waals surface area contributed by atoms with Crippen LogP contribution in [-0.4, -0.2) is 27.3 Å². The zero-order valence-electron chi connectivity index (χ0n) is 19.0. The first-order valence-corrected chi connectivity index (χ1v) is 11.7. The van der Waals surface area contributed by atoms with Gasteiger partial charge < -0.3 is 9.88 Å². The second-order valence-electron chi connectivity index (χ2n) is 8.86. The molecule has 1 atom stereocenters. The number of hydrogen-bond acceptors (Lipinski definition) is 2. The molecule has 1 amide bonds. The standard InChI is InChI=1S/C29H29N3O/c1-21-7-5-10-25(19-21)26-20-30-29(31-26)27-11-6-18-32(27)28(33)17-14-22-12-15-24(16-13-22)23-8-3-2-4-9-23/h2-5,7-10,12-13,15-16,19-20,27H,6,11,14,17-18H2,1H3,(H,30,31)/t27-/m0/s1. The van der Waals surface area contributed by atoms with Crippen LogP contribution in [-0.2, 0) is 11.2 Å². The van der Waals surface area contributed by atoms with Crippen LogP contribution in [0.2, 0.25) is 0 Å². The van der Waals surface area contributed by atoms with E-state index in [2.05, 4.69) is 89.7 Å². The number of nitrogens with one attached hydrogen (secondary N) is 1. The van der Waals surface area contributed by atoms with Gasteiger partial charge in [0.2, 0.25) is 5.91 Å². The first-order valence-electron chi connectivity index (χ1n) is 11.7. The molecule has 0 radical (unpaired) electrons. The molecule has 1 saturated heterocycles. The highest BCUT2D eigenvalue weighted by atomic mass is 16.2. The molecule has 0 saturated carbocycles. The van der Waals surface area contributed by atoms with E-state index in [1.807, 2.05) is 17.2 Å². The average Bonchev–Trinajstić information content (AvgIpc) is 3.53. The number of imidazole rings is 1. The molecule has 4 heteroatoms. The molecule has 0 unspecified atom stereocenters. The van der Waals surface area contributed by atoms with Crippen LogP contribution in [0.3, 0.4) is 0 Å². The zero-order valence-corrected chi connectivity index (χ0v) is 19.0. The van der Waals surface area contributed by atoms with Crippen molar-refractivity contribution in [2.45, 2.75) is 38.6 Å². The molecule has 0 aliphatic carbocycles. The Morgan fingerprint density at radius 1 is 0.970 bits per heavy atom. The maximum Gasteiger partial charge on any atom is 0.223 e. The van der Waals surface area contributed by atoms with Gasteiger partial charge in [-0.25, -0.2) is 4.98 Å². The molecule has 0 spiro atoms. The fourth-order valence-corrected chi connectivity index (χ4v) is 4.70. The highest BCUT2D eigenvalue weighted by Gasteiger charge is 2.31. The van der Waals surface area contributed by atoms with Crippen molar-refractivity contribution in [1.29, 1.82) is 0 Å². The Labute approximate surface area is 195 Å². The molecule has 1 fully saturated rings. The number of carbonyl (C=O) groups is 1. The van der Waals surface area contributed by atoms with Crippen molar-refractivity contribution in [2.75, 3.05) is 6.54 Å². The third kappa shape index (κ3) is 4.75. The predicted molar refractivity (Wildman–Crippen MR) is 133 cm³/mol. The molecule has 0 bridgehead atoms. The maximum absolute atomic E-state index is 13.1. The van der Waals surface area contributed by atoms with Crippen molar-refractivity contribution in [3.05, 3.63) is 102 Å². The van der Waals surface area contributed by atoms with Gasteiger partial charge in [-0.05, 0) is 54.5 Å². The van der Waals surface area contributed by atoms with E-state index < -0.39 is 0 Å². The fourth-order valence-electron chi connectivity index (χ4n) is 4.70. The van der Waals surface area contributed by atoms with Crippen LogP contribution in [0.4, 0.5) is 0 Å². The Bertz CT molecular complexity index is 1230. The van der Waals surface area contributed by atoms with Gasteiger partial charge >= 0.3 is 0 Å². The monoisotopic (exact) mass is 435 g/mol. The summed E-state index contributed by atoms with van der Waals surface area (Å²) in [6.45, 7) is 2.89. The summed E-state index contributed by atoms with van der Waals surface area (Å²) in [5, 5.41) is 0. The van der Waals surface area contributed by atoms with Gasteiger partial charge in [-0.3, -0.25) is 4.79 Å². The summed E-state index contributed by atoms with van der Waals surface area (Å²) < 4.78 is 0. The van der Waals surface area contributed by atoms with Gasteiger partial charge in [-0.1, -0.05) is 78.4 Å². The van der Waals surface area contributed by atoms with Crippen LogP contribution in [0.25, 0.3) is 22.4 Å². The topological polar surface area (TPSA) is 49.0 Å². The predicted octanol–water partition coefficient (Wildman–Crippen LogP) is 6.35. The Morgan fingerprint density at radius 2 is 1.73 bits per heavy atom. The number of aryl methyl sites for hydroxylation is 2. The second-order valence-corrected chi connectivity index (χ2v) is 8.86. The van der Waals surface area contributed by atoms with Crippen molar-refractivity contribution in [3.8, 4) is 22.4 Å². The third-order valence-electron chi connectivity index (χ3n) is 6.50. The van der Waals surface area contributed by atoms with Gasteiger partial charge in [0.15, 0.2) is 0 Å². The number of nitrogens with zero attached hydrogens (tertiary/aromatic N) is 2. The highest BCUT2D eigenvalue weighted by Crippen LogP contribution is 2.32. The van der Waals surface area contributed by atoms with Gasteiger partial charge in [0, 0.05) is 13.0 Å². The molecule has 166 valence electrons. The summed E-state index contributed by atoms with van der Waals surface area (Å²) in [6.07, 6.45) is 5.14. The molecule has 1 aromatic heterocycles. The first kappa shape index (κ1) is 21.2. The van der Waals surface area contributed by atoms with E-state index in [1.165, 1.54) is 22.3 Å². The van der Waals surface area contributed by atoms with E-state index in [-0.39, 0.29) is 11.9 Å². The summed E-state index contributed by atoms with van der Waals surface area (Å²) in [5.74, 6) is 1.10. The Hall–Kier alpha value is -3.66. The number of hydrogen-bond donors (Lipinski definition) is 1. The van der Waals surface area contributed by atoms with E-state index in [0.29, 0.717) is 6.42 Å². The van der Waals surface area contributed by atoms with Gasteiger partial charge in [-0.2, -0.15) is 0 Å². The van der Waals surface area contributed by atoms with Crippen molar-refractivity contribution in [3.63, 3.8) is 0 Å². The summed E-state index contributed by atoms with van der Waals surface area (Å²) in [7, 11) is 0. The molecule has 4 nitrogen and oxygen atoms in total. The lowest BCUT2D eigenvalue weighted by Gasteiger charge is -2.23. The molecule has 1 aliphatic heterocycles. The smallest absolute Gasteiger partial charge is 0.223 e. The zero-order chi connectivity index (χ0) is 22.6. The van der Waals surface area contributed by atoms with Crippen molar-refractivity contribution < 1.29 is 4.79 Å². The summed E-state index contributed by atoms with van der Waals surface area (Å²) >= 11 is 0. The quantitative estimate of drug-likeness (QED) is 0.384. The van der Waals surface area contributed by atoms with Crippen molar-refractivity contribution in [1.82, 2.24) is 14.9 Å². The van der Waals surface area contributed by atoms with E-state index in [0.717, 1.165) is 42.9 Å². The molecular weight excluding hydrogens is 406 g/mol. The number of H-pyrrole nitrogens is 1. The SMILES string of the molecule is Cc1cccc(-c2cnc([C@@H]3CCCN3C(=O)CCc3ccc(-c4ccccc4)cc3)[nH]2)c1. The second kappa shape index (κ2) is 9.45. The van der Waals surface area contributed by atoms with Gasteiger partial charge in [0.05, 0.1) is 17.9 Å². The number of rotatable bonds is 6. The van der Waals surface area contributed by atoms with E-state index in [1.54, 1.807) is 0 Å². The molecule has 5 rings (SSSR count). The van der Waals surface area contributed by atoms with Crippen LogP contribution in [0.1, 0.15) is 42.3 Å². The number of likely N-dealkylation sites (tertiary alicyclic amines) is 1. The van der Waals surface area contributed by atoms with Crippen LogP contribution in [0, 0.1) is 6.92 Å². The number of aromatic nitrogens is 2. The first-order chi connectivity index (χ1) is 16.2. The fraction of sp³-hybridized carbons (Fsp3) is 0.241. The molecule has 2 heterocycles. The molecule has 33 heavy (non-hydrogen) atoms. The normalized spacial score (nSPS) is 15.7. The van der Waals surface area contributed by atoms with Gasteiger partial charge in [0.1, 0.15) is 5.82 Å². The van der Waals surface area contributed by atoms with Crippen molar-refractivity contribution >= 4 is 5.91 Å². The van der Waals surface area contributed by atoms with E-state index >= 15 is 0 Å². The third-order valence-corrected chi connectivity index (χ3v) is 6.50. The number of amides is 1. The molecule has 1 aliphatic rings. The maximum atomic E-state index is 13.1. The summed E-state index contributed by atoms with van der Waals surface area (Å²) in [5.41, 5.74) is 6.96. The van der Waals surface area contributed by atoms with Crippen molar-refractivity contribution in [2.24, 2.45) is 0 Å². The number of carbonyl (C=O) groups excluding carboxylic acids is 1. The highest BCUT2D eigenvalue weighted by molar-refractivity contribution is 5.77. The molecule has 4 aromatic rings. The minimum Gasteiger partial charge on any atom is -0.340 e. The lowest BCUT2D eigenvalue weighted by atomic mass is 10.0. The lowest BCUT2D eigenvalue weighted by Crippen LogP contribution is -2.31. The van der Waals surface area contributed by atoms with Crippen LogP contribution < -0.4 is 0 Å². The Kier molecular flexibility index (Phi) is 6.07. The molecular formula is C29H29N3O. The van der Waals surface area contributed by atoms with E-state index in [9.17, 15) is 4.79 Å². The minimum absolute atomic E-state index is 0.0384. The average molecular weight is 436 g/mol. The summed E-state index contributed by atoms with van der Waals surface area (Å²) in [6, 6.07) is 27.4. The minimum atomic E-state index is 0.0384. The number of aromatic amines is 1. The Morgan fingerprint density at radius 3 is 2.52 bits per heavy atom. The van der Waals surface area contributed by atoms with Crippen LogP contribution >= 0.6 is 0 Å².